The van der Waals surface area contributed by atoms with E-state index in [4.69, 9.17) is 0 Å². The molecule has 1 N–H and O–H groups in total. The molecule has 0 aromatic carbocycles. The third-order valence-electron chi connectivity index (χ3n) is 0.978. The van der Waals surface area contributed by atoms with Gasteiger partial charge in [0.25, 0.3) is 0 Å². The van der Waals surface area contributed by atoms with Gasteiger partial charge in [-0.2, -0.15) is 8.42 Å². The van der Waals surface area contributed by atoms with E-state index in [1.165, 1.54) is 0 Å². The Kier molecular flexibility index (Phi) is 4.53. The quantitative estimate of drug-likeness (QED) is 0.460. The Morgan fingerprint density at radius 1 is 1.67 bits per heavy atom. The van der Waals surface area contributed by atoms with Gasteiger partial charge in [-0.25, -0.2) is 4.79 Å². The highest BCUT2D eigenvalue weighted by molar-refractivity contribution is 7.87. The Balaban J connectivity index is 4.05. The van der Waals surface area contributed by atoms with Crippen molar-refractivity contribution in [3.63, 3.8) is 0 Å². The molecule has 0 fully saturated rings. The molecule has 0 spiro atoms. The highest BCUT2D eigenvalue weighted by atomic mass is 32.2. The molecule has 0 aliphatic carbocycles. The molecule has 0 bridgehead atoms. The average molecular weight is 193 g/mol. The van der Waals surface area contributed by atoms with Crippen LogP contribution in [0.4, 0.5) is 0 Å². The summed E-state index contributed by atoms with van der Waals surface area (Å²) in [6, 6.07) is 0. The van der Waals surface area contributed by atoms with Crippen LogP contribution in [0.15, 0.2) is 12.7 Å². The molecule has 12 heavy (non-hydrogen) atoms. The minimum atomic E-state index is -3.74. The lowest BCUT2D eigenvalue weighted by Gasteiger charge is -2.01. The Labute approximate surface area is 71.5 Å². The SMILES string of the molecule is C=CC(=O)OS(=O)(=O)CCNC. The maximum absolute atomic E-state index is 10.8. The van der Waals surface area contributed by atoms with Gasteiger partial charge >= 0.3 is 16.1 Å². The van der Waals surface area contributed by atoms with E-state index < -0.39 is 16.1 Å². The third-order valence-corrected chi connectivity index (χ3v) is 2.10. The molecule has 0 amide bonds. The summed E-state index contributed by atoms with van der Waals surface area (Å²) in [4.78, 5) is 10.5. The van der Waals surface area contributed by atoms with Crippen LogP contribution in [0.25, 0.3) is 0 Å². The predicted molar refractivity (Wildman–Crippen MR) is 44.0 cm³/mol. The zero-order valence-corrected chi connectivity index (χ0v) is 7.56. The van der Waals surface area contributed by atoms with Crippen molar-refractivity contribution in [1.29, 1.82) is 0 Å². The second kappa shape index (κ2) is 4.89. The molecule has 0 rings (SSSR count). The summed E-state index contributed by atoms with van der Waals surface area (Å²) in [5, 5.41) is 2.62. The van der Waals surface area contributed by atoms with E-state index in [1.54, 1.807) is 7.05 Å². The molecule has 0 aliphatic rings. The molecular weight excluding hydrogens is 182 g/mol. The van der Waals surface area contributed by atoms with Gasteiger partial charge in [0.05, 0.1) is 5.75 Å². The topological polar surface area (TPSA) is 72.5 Å². The first-order chi connectivity index (χ1) is 5.52. The van der Waals surface area contributed by atoms with Crippen LogP contribution in [0.5, 0.6) is 0 Å². The predicted octanol–water partition coefficient (Wildman–Crippen LogP) is -0.735. The smallest absolute Gasteiger partial charge is 0.342 e. The minimum Gasteiger partial charge on any atom is -0.342 e. The van der Waals surface area contributed by atoms with Gasteiger partial charge < -0.3 is 9.50 Å². The molecule has 0 saturated carbocycles. The summed E-state index contributed by atoms with van der Waals surface area (Å²) < 4.78 is 25.7. The number of hydrogen-bond donors (Lipinski definition) is 1. The summed E-state index contributed by atoms with van der Waals surface area (Å²) in [6.07, 6.45) is 0.803. The van der Waals surface area contributed by atoms with E-state index in [0.29, 0.717) is 0 Å². The van der Waals surface area contributed by atoms with Crippen LogP contribution in [0.3, 0.4) is 0 Å². The Morgan fingerprint density at radius 2 is 2.25 bits per heavy atom. The van der Waals surface area contributed by atoms with Gasteiger partial charge in [-0.15, -0.1) is 0 Å². The van der Waals surface area contributed by atoms with Crippen molar-refractivity contribution in [1.82, 2.24) is 5.32 Å². The fourth-order valence-corrected chi connectivity index (χ4v) is 1.28. The van der Waals surface area contributed by atoms with Crippen LogP contribution in [-0.4, -0.2) is 33.7 Å². The normalized spacial score (nSPS) is 10.8. The minimum absolute atomic E-state index is 0.233. The van der Waals surface area contributed by atoms with Crippen molar-refractivity contribution >= 4 is 16.1 Å². The van der Waals surface area contributed by atoms with Gasteiger partial charge in [-0.3, -0.25) is 0 Å². The molecule has 0 heterocycles. The number of carbonyl (C=O) groups is 1. The second-order valence-corrected chi connectivity index (χ2v) is 3.66. The molecule has 5 nitrogen and oxygen atoms in total. The van der Waals surface area contributed by atoms with Crippen molar-refractivity contribution in [3.8, 4) is 0 Å². The van der Waals surface area contributed by atoms with E-state index in [2.05, 4.69) is 16.1 Å². The molecule has 0 radical (unpaired) electrons. The van der Waals surface area contributed by atoms with Crippen molar-refractivity contribution < 1.29 is 17.4 Å². The first kappa shape index (κ1) is 11.1. The van der Waals surface area contributed by atoms with Crippen LogP contribution >= 0.6 is 0 Å². The summed E-state index contributed by atoms with van der Waals surface area (Å²) in [5.41, 5.74) is 0. The number of nitrogens with one attached hydrogen (secondary N) is 1. The molecule has 0 saturated heterocycles. The summed E-state index contributed by atoms with van der Waals surface area (Å²) in [7, 11) is -2.14. The highest BCUT2D eigenvalue weighted by Crippen LogP contribution is 1.93. The fraction of sp³-hybridized carbons (Fsp3) is 0.500. The maximum atomic E-state index is 10.8. The van der Waals surface area contributed by atoms with Crippen LogP contribution in [-0.2, 0) is 19.1 Å². The van der Waals surface area contributed by atoms with Gasteiger partial charge in [0.15, 0.2) is 0 Å². The lowest BCUT2D eigenvalue weighted by atomic mass is 10.7. The zero-order valence-electron chi connectivity index (χ0n) is 6.74. The lowest BCUT2D eigenvalue weighted by molar-refractivity contribution is -0.128. The summed E-state index contributed by atoms with van der Waals surface area (Å²) in [5.74, 6) is -1.19. The molecule has 0 aromatic rings. The first-order valence-corrected chi connectivity index (χ1v) is 4.82. The molecule has 0 aromatic heterocycles. The maximum Gasteiger partial charge on any atom is 0.345 e. The van der Waals surface area contributed by atoms with Crippen molar-refractivity contribution in [2.75, 3.05) is 19.3 Å². The van der Waals surface area contributed by atoms with Crippen LogP contribution in [0, 0.1) is 0 Å². The first-order valence-electron chi connectivity index (χ1n) is 3.25. The van der Waals surface area contributed by atoms with Crippen molar-refractivity contribution in [2.45, 2.75) is 0 Å². The molecular formula is C6H11NO4S. The second-order valence-electron chi connectivity index (χ2n) is 1.97. The van der Waals surface area contributed by atoms with Gasteiger partial charge in [-0.05, 0) is 7.05 Å². The fourth-order valence-electron chi connectivity index (χ4n) is 0.428. The van der Waals surface area contributed by atoms with E-state index in [9.17, 15) is 13.2 Å². The standard InChI is InChI=1S/C6H11NO4S/c1-3-6(8)11-12(9,10)5-4-7-2/h3,7H,1,4-5H2,2H3. The Hall–Kier alpha value is -0.880. The third kappa shape index (κ3) is 4.86. The molecule has 6 heteroatoms. The number of hydrogen-bond acceptors (Lipinski definition) is 5. The van der Waals surface area contributed by atoms with Gasteiger partial charge in [0.1, 0.15) is 0 Å². The van der Waals surface area contributed by atoms with Crippen LogP contribution < -0.4 is 5.32 Å². The van der Waals surface area contributed by atoms with Crippen molar-refractivity contribution in [3.05, 3.63) is 12.7 Å². The molecule has 0 unspecified atom stereocenters. The Morgan fingerprint density at radius 3 is 2.67 bits per heavy atom. The molecule has 0 aliphatic heterocycles. The van der Waals surface area contributed by atoms with E-state index in [1.807, 2.05) is 0 Å². The number of rotatable bonds is 5. The summed E-state index contributed by atoms with van der Waals surface area (Å²) in [6.45, 7) is 3.31. The molecule has 0 atom stereocenters. The van der Waals surface area contributed by atoms with Gasteiger partial charge in [0, 0.05) is 12.6 Å². The van der Waals surface area contributed by atoms with E-state index in [0.717, 1.165) is 6.08 Å². The number of carbonyl (C=O) groups excluding carboxylic acids is 1. The zero-order chi connectivity index (χ0) is 9.61. The van der Waals surface area contributed by atoms with Crippen LogP contribution in [0.1, 0.15) is 0 Å². The van der Waals surface area contributed by atoms with Crippen LogP contribution in [0.2, 0.25) is 0 Å². The Bertz CT molecular complexity index is 257. The lowest BCUT2D eigenvalue weighted by Crippen LogP contribution is -2.22. The van der Waals surface area contributed by atoms with Gasteiger partial charge in [-0.1, -0.05) is 6.58 Å². The van der Waals surface area contributed by atoms with Crippen molar-refractivity contribution in [2.24, 2.45) is 0 Å². The van der Waals surface area contributed by atoms with E-state index in [-0.39, 0.29) is 12.3 Å². The monoisotopic (exact) mass is 193 g/mol. The highest BCUT2D eigenvalue weighted by Gasteiger charge is 2.13. The average Bonchev–Trinajstić information content (AvgIpc) is 2.00. The summed E-state index contributed by atoms with van der Waals surface area (Å²) >= 11 is 0. The van der Waals surface area contributed by atoms with Gasteiger partial charge in [0.2, 0.25) is 0 Å². The van der Waals surface area contributed by atoms with E-state index >= 15 is 0 Å². The largest absolute Gasteiger partial charge is 0.345 e. The molecule has 70 valence electrons.